The van der Waals surface area contributed by atoms with Gasteiger partial charge in [-0.1, -0.05) is 6.07 Å². The molecule has 0 aliphatic carbocycles. The molecule has 116 valence electrons. The molecule has 1 aromatic carbocycles. The monoisotopic (exact) mass is 323 g/mol. The predicted molar refractivity (Wildman–Crippen MR) is 77.5 cm³/mol. The van der Waals surface area contributed by atoms with E-state index in [9.17, 15) is 18.0 Å². The molecule has 0 saturated heterocycles. The Morgan fingerprint density at radius 3 is 2.59 bits per heavy atom. The highest BCUT2D eigenvalue weighted by Gasteiger charge is 2.12. The van der Waals surface area contributed by atoms with E-state index < -0.39 is 21.8 Å². The number of amides is 2. The summed E-state index contributed by atoms with van der Waals surface area (Å²) in [4.78, 5) is 23.2. The molecule has 22 heavy (non-hydrogen) atoms. The fourth-order valence-corrected chi connectivity index (χ4v) is 2.17. The van der Waals surface area contributed by atoms with Crippen molar-refractivity contribution in [1.82, 2.24) is 5.32 Å². The SMILES string of the molecule is NS(=O)(=O)c1cccc(NC(=O)CNC(=O)c2ccco2)c1. The van der Waals surface area contributed by atoms with Gasteiger partial charge in [0.2, 0.25) is 15.9 Å². The third-order valence-corrected chi connectivity index (χ3v) is 3.51. The number of nitrogens with two attached hydrogens (primary N) is 1. The lowest BCUT2D eigenvalue weighted by molar-refractivity contribution is -0.115. The van der Waals surface area contributed by atoms with Crippen LogP contribution in [0.5, 0.6) is 0 Å². The average Bonchev–Trinajstić information content (AvgIpc) is 2.98. The van der Waals surface area contributed by atoms with Crippen LogP contribution < -0.4 is 15.8 Å². The molecular weight excluding hydrogens is 310 g/mol. The van der Waals surface area contributed by atoms with Crippen LogP contribution in [0.25, 0.3) is 0 Å². The van der Waals surface area contributed by atoms with E-state index in [2.05, 4.69) is 10.6 Å². The molecule has 1 aromatic heterocycles. The molecule has 0 aliphatic rings. The van der Waals surface area contributed by atoms with E-state index >= 15 is 0 Å². The van der Waals surface area contributed by atoms with Crippen molar-refractivity contribution in [3.8, 4) is 0 Å². The zero-order valence-corrected chi connectivity index (χ0v) is 12.1. The van der Waals surface area contributed by atoms with E-state index in [-0.39, 0.29) is 22.9 Å². The Morgan fingerprint density at radius 2 is 1.95 bits per heavy atom. The highest BCUT2D eigenvalue weighted by atomic mass is 32.2. The molecule has 0 aliphatic heterocycles. The van der Waals surface area contributed by atoms with Gasteiger partial charge in [-0.2, -0.15) is 0 Å². The van der Waals surface area contributed by atoms with Crippen molar-refractivity contribution < 1.29 is 22.4 Å². The van der Waals surface area contributed by atoms with E-state index in [1.165, 1.54) is 36.6 Å². The molecular formula is C13H13N3O5S. The summed E-state index contributed by atoms with van der Waals surface area (Å²) >= 11 is 0. The third-order valence-electron chi connectivity index (χ3n) is 2.60. The lowest BCUT2D eigenvalue weighted by atomic mass is 10.3. The quantitative estimate of drug-likeness (QED) is 0.728. The summed E-state index contributed by atoms with van der Waals surface area (Å²) in [5.74, 6) is -0.964. The van der Waals surface area contributed by atoms with E-state index in [4.69, 9.17) is 9.56 Å². The van der Waals surface area contributed by atoms with Crippen molar-refractivity contribution in [1.29, 1.82) is 0 Å². The number of nitrogens with one attached hydrogen (secondary N) is 2. The summed E-state index contributed by atoms with van der Waals surface area (Å²) in [7, 11) is -3.85. The number of hydrogen-bond donors (Lipinski definition) is 3. The van der Waals surface area contributed by atoms with Crippen molar-refractivity contribution in [3.63, 3.8) is 0 Å². The van der Waals surface area contributed by atoms with Gasteiger partial charge < -0.3 is 15.1 Å². The van der Waals surface area contributed by atoms with Crippen LogP contribution in [0.3, 0.4) is 0 Å². The lowest BCUT2D eigenvalue weighted by Gasteiger charge is -2.07. The minimum Gasteiger partial charge on any atom is -0.459 e. The first kappa shape index (κ1) is 15.7. The summed E-state index contributed by atoms with van der Waals surface area (Å²) in [5, 5.41) is 9.81. The Bertz CT molecular complexity index is 784. The molecule has 0 atom stereocenters. The van der Waals surface area contributed by atoms with Gasteiger partial charge in [-0.3, -0.25) is 9.59 Å². The molecule has 2 amide bonds. The average molecular weight is 323 g/mol. The second-order valence-electron chi connectivity index (χ2n) is 4.28. The van der Waals surface area contributed by atoms with Gasteiger partial charge >= 0.3 is 0 Å². The molecule has 0 fully saturated rings. The van der Waals surface area contributed by atoms with Crippen LogP contribution in [0, 0.1) is 0 Å². The maximum atomic E-state index is 11.7. The van der Waals surface area contributed by atoms with Gasteiger partial charge in [-0.15, -0.1) is 0 Å². The van der Waals surface area contributed by atoms with Gasteiger partial charge in [0.15, 0.2) is 5.76 Å². The third kappa shape index (κ3) is 4.17. The summed E-state index contributed by atoms with van der Waals surface area (Å²) in [6.07, 6.45) is 1.34. The van der Waals surface area contributed by atoms with E-state index in [0.717, 1.165) is 0 Å². The number of hydrogen-bond acceptors (Lipinski definition) is 5. The highest BCUT2D eigenvalue weighted by molar-refractivity contribution is 7.89. The molecule has 0 bridgehead atoms. The van der Waals surface area contributed by atoms with Crippen molar-refractivity contribution in [3.05, 3.63) is 48.4 Å². The standard InChI is InChI=1S/C13H13N3O5S/c14-22(19,20)10-4-1-3-9(7-10)16-12(17)8-15-13(18)11-5-2-6-21-11/h1-7H,8H2,(H,15,18)(H,16,17)(H2,14,19,20). The highest BCUT2D eigenvalue weighted by Crippen LogP contribution is 2.13. The normalized spacial score (nSPS) is 11.0. The van der Waals surface area contributed by atoms with Crippen LogP contribution in [0.4, 0.5) is 5.69 Å². The first-order chi connectivity index (χ1) is 10.4. The Kier molecular flexibility index (Phi) is 4.59. The smallest absolute Gasteiger partial charge is 0.287 e. The van der Waals surface area contributed by atoms with Gasteiger partial charge in [0, 0.05) is 5.69 Å². The zero-order valence-electron chi connectivity index (χ0n) is 11.3. The number of primary sulfonamides is 1. The van der Waals surface area contributed by atoms with E-state index in [0.29, 0.717) is 0 Å². The zero-order chi connectivity index (χ0) is 16.2. The molecule has 0 radical (unpaired) electrons. The number of furan rings is 1. The van der Waals surface area contributed by atoms with Gasteiger partial charge in [0.1, 0.15) is 0 Å². The molecule has 9 heteroatoms. The maximum Gasteiger partial charge on any atom is 0.287 e. The molecule has 1 heterocycles. The number of carbonyl (C=O) groups excluding carboxylic acids is 2. The Balaban J connectivity index is 1.94. The fraction of sp³-hybridized carbons (Fsp3) is 0.0769. The largest absolute Gasteiger partial charge is 0.459 e. The molecule has 0 saturated carbocycles. The summed E-state index contributed by atoms with van der Waals surface area (Å²) < 4.78 is 27.3. The van der Waals surface area contributed by atoms with Crippen molar-refractivity contribution in [2.24, 2.45) is 5.14 Å². The predicted octanol–water partition coefficient (Wildman–Crippen LogP) is 0.296. The van der Waals surface area contributed by atoms with Crippen molar-refractivity contribution >= 4 is 27.5 Å². The first-order valence-corrected chi connectivity index (χ1v) is 7.65. The number of rotatable bonds is 5. The van der Waals surface area contributed by atoms with Crippen LogP contribution in [-0.4, -0.2) is 26.8 Å². The molecule has 4 N–H and O–H groups in total. The van der Waals surface area contributed by atoms with Crippen LogP contribution in [0.2, 0.25) is 0 Å². The maximum absolute atomic E-state index is 11.7. The van der Waals surface area contributed by atoms with Gasteiger partial charge in [-0.25, -0.2) is 13.6 Å². The molecule has 0 unspecified atom stereocenters. The summed E-state index contributed by atoms with van der Waals surface area (Å²) in [6.45, 7) is -0.293. The Labute approximate surface area is 126 Å². The lowest BCUT2D eigenvalue weighted by Crippen LogP contribution is -2.32. The number of anilines is 1. The Morgan fingerprint density at radius 1 is 1.18 bits per heavy atom. The van der Waals surface area contributed by atoms with Crippen molar-refractivity contribution in [2.75, 3.05) is 11.9 Å². The van der Waals surface area contributed by atoms with Gasteiger partial charge in [0.25, 0.3) is 5.91 Å². The number of benzene rings is 1. The molecule has 2 rings (SSSR count). The topological polar surface area (TPSA) is 132 Å². The van der Waals surface area contributed by atoms with Gasteiger partial charge in [-0.05, 0) is 30.3 Å². The summed E-state index contributed by atoms with van der Waals surface area (Å²) in [6, 6.07) is 8.49. The molecule has 2 aromatic rings. The molecule has 8 nitrogen and oxygen atoms in total. The minimum absolute atomic E-state index is 0.0871. The van der Waals surface area contributed by atoms with E-state index in [1.54, 1.807) is 6.07 Å². The second kappa shape index (κ2) is 6.41. The second-order valence-corrected chi connectivity index (χ2v) is 5.84. The minimum atomic E-state index is -3.85. The van der Waals surface area contributed by atoms with Crippen LogP contribution in [0.1, 0.15) is 10.6 Å². The number of carbonyl (C=O) groups is 2. The van der Waals surface area contributed by atoms with E-state index in [1.807, 2.05) is 0 Å². The fourth-order valence-electron chi connectivity index (χ4n) is 1.61. The summed E-state index contributed by atoms with van der Waals surface area (Å²) in [5.41, 5.74) is 0.253. The van der Waals surface area contributed by atoms with Crippen LogP contribution >= 0.6 is 0 Å². The van der Waals surface area contributed by atoms with Crippen LogP contribution in [0.15, 0.2) is 52.0 Å². The number of sulfonamides is 1. The first-order valence-electron chi connectivity index (χ1n) is 6.11. The van der Waals surface area contributed by atoms with Gasteiger partial charge in [0.05, 0.1) is 17.7 Å². The van der Waals surface area contributed by atoms with Crippen molar-refractivity contribution in [2.45, 2.75) is 4.90 Å². The Hall–Kier alpha value is -2.65. The molecule has 0 spiro atoms. The van der Waals surface area contributed by atoms with Crippen LogP contribution in [-0.2, 0) is 14.8 Å².